The molecule has 1 aromatic rings. The molecule has 29 heavy (non-hydrogen) atoms. The molecule has 1 saturated carbocycles. The second-order valence-corrected chi connectivity index (χ2v) is 8.68. The average Bonchev–Trinajstić information content (AvgIpc) is 3.02. The van der Waals surface area contributed by atoms with Crippen molar-refractivity contribution in [2.75, 3.05) is 13.1 Å². The van der Waals surface area contributed by atoms with Crippen molar-refractivity contribution in [3.05, 3.63) is 22.2 Å². The lowest BCUT2D eigenvalue weighted by Crippen LogP contribution is -2.52. The van der Waals surface area contributed by atoms with E-state index < -0.39 is 23.6 Å². The molecule has 1 atom stereocenters. The lowest BCUT2D eigenvalue weighted by Gasteiger charge is -2.42. The number of likely N-dealkylation sites (tertiary alicyclic amines) is 1. The van der Waals surface area contributed by atoms with E-state index in [1.807, 2.05) is 0 Å². The number of carboxylic acids is 1. The van der Waals surface area contributed by atoms with Crippen molar-refractivity contribution in [1.82, 2.24) is 4.90 Å². The van der Waals surface area contributed by atoms with Crippen LogP contribution in [-0.4, -0.2) is 46.7 Å². The maximum atomic E-state index is 13.1. The third-order valence-corrected chi connectivity index (χ3v) is 6.55. The Balaban J connectivity index is 1.44. The maximum Gasteiger partial charge on any atom is 0.336 e. The number of hydrogen-bond acceptors (Lipinski definition) is 4. The van der Waals surface area contributed by atoms with Gasteiger partial charge in [-0.1, -0.05) is 11.6 Å². The van der Waals surface area contributed by atoms with E-state index in [1.54, 1.807) is 18.7 Å². The van der Waals surface area contributed by atoms with Gasteiger partial charge in [-0.3, -0.25) is 4.79 Å². The largest absolute Gasteiger partial charge is 0.478 e. The highest BCUT2D eigenvalue weighted by Gasteiger charge is 2.51. The van der Waals surface area contributed by atoms with E-state index in [0.717, 1.165) is 0 Å². The lowest BCUT2D eigenvalue weighted by atomic mass is 9.79. The number of aromatic carboxylic acids is 1. The number of ether oxygens (including phenoxy) is 2. The van der Waals surface area contributed by atoms with Crippen molar-refractivity contribution in [1.29, 1.82) is 0 Å². The number of benzene rings is 1. The molecule has 1 N–H and O–H groups in total. The van der Waals surface area contributed by atoms with Gasteiger partial charge in [-0.15, -0.1) is 0 Å². The third kappa shape index (κ3) is 3.41. The van der Waals surface area contributed by atoms with Gasteiger partial charge in [0.05, 0.1) is 10.6 Å². The molecule has 158 valence electrons. The van der Waals surface area contributed by atoms with E-state index in [1.165, 1.54) is 6.07 Å². The first-order valence-corrected chi connectivity index (χ1v) is 9.99. The number of carboxylic acid groups (broad SMARTS) is 1. The molecule has 1 amide bonds. The fourth-order valence-electron chi connectivity index (χ4n) is 4.45. The van der Waals surface area contributed by atoms with E-state index in [-0.39, 0.29) is 35.3 Å². The molecule has 0 bridgehead atoms. The van der Waals surface area contributed by atoms with Crippen LogP contribution in [-0.2, 0) is 4.79 Å². The Hall–Kier alpha value is -2.09. The van der Waals surface area contributed by atoms with Gasteiger partial charge >= 0.3 is 5.97 Å². The number of amides is 1. The first-order valence-electron chi connectivity index (χ1n) is 9.62. The Morgan fingerprint density at radius 2 is 1.79 bits per heavy atom. The highest BCUT2D eigenvalue weighted by molar-refractivity contribution is 6.32. The Morgan fingerprint density at radius 3 is 2.34 bits per heavy atom. The van der Waals surface area contributed by atoms with Gasteiger partial charge in [-0.25, -0.2) is 13.6 Å². The van der Waals surface area contributed by atoms with Crippen molar-refractivity contribution in [2.24, 2.45) is 11.8 Å². The number of alkyl halides is 2. The normalized spacial score (nSPS) is 26.3. The minimum atomic E-state index is -2.71. The minimum absolute atomic E-state index is 0.0549. The monoisotopic (exact) mass is 429 g/mol. The lowest BCUT2D eigenvalue weighted by molar-refractivity contribution is -0.165. The highest BCUT2D eigenvalue weighted by Crippen LogP contribution is 2.51. The molecule has 2 fully saturated rings. The van der Waals surface area contributed by atoms with Gasteiger partial charge in [0.15, 0.2) is 11.5 Å². The zero-order chi connectivity index (χ0) is 21.1. The molecule has 1 aromatic carbocycles. The summed E-state index contributed by atoms with van der Waals surface area (Å²) in [4.78, 5) is 25.5. The predicted molar refractivity (Wildman–Crippen MR) is 99.8 cm³/mol. The van der Waals surface area contributed by atoms with Gasteiger partial charge < -0.3 is 19.5 Å². The van der Waals surface area contributed by atoms with Crippen LogP contribution in [0.2, 0.25) is 5.02 Å². The summed E-state index contributed by atoms with van der Waals surface area (Å²) in [6.45, 7) is 4.30. The molecular weight excluding hydrogens is 408 g/mol. The standard InChI is InChI=1S/C20H22ClF2NO5/c1-10-13(18(26)27)7-14(21)16-15(10)28-19(2,29-16)12-3-5-24(6-4-12)17(25)11-8-20(22,23)9-11/h7,11-12H,3-6,8-9H2,1-2H3,(H,26,27)/t19-/m0/s1. The molecule has 0 radical (unpaired) electrons. The number of fused-ring (bicyclic) bond motifs is 1. The molecule has 9 heteroatoms. The van der Waals surface area contributed by atoms with Gasteiger partial charge in [-0.2, -0.15) is 0 Å². The highest BCUT2D eigenvalue weighted by atomic mass is 35.5. The summed E-state index contributed by atoms with van der Waals surface area (Å²) in [5, 5.41) is 9.52. The Bertz CT molecular complexity index is 876. The number of rotatable bonds is 3. The molecule has 2 aliphatic heterocycles. The van der Waals surface area contributed by atoms with Gasteiger partial charge in [0.2, 0.25) is 11.8 Å². The summed E-state index contributed by atoms with van der Waals surface area (Å²) < 4.78 is 38.2. The summed E-state index contributed by atoms with van der Waals surface area (Å²) in [5.74, 6) is -5.05. The maximum absolute atomic E-state index is 13.1. The fraction of sp³-hybridized carbons (Fsp3) is 0.600. The summed E-state index contributed by atoms with van der Waals surface area (Å²) in [6, 6.07) is 1.35. The zero-order valence-corrected chi connectivity index (χ0v) is 16.9. The number of hydrogen-bond donors (Lipinski definition) is 1. The van der Waals surface area contributed by atoms with Crippen LogP contribution in [0.1, 0.15) is 48.5 Å². The molecule has 1 aliphatic carbocycles. The molecule has 4 rings (SSSR count). The number of piperidine rings is 1. The molecule has 6 nitrogen and oxygen atoms in total. The number of carbonyl (C=O) groups excluding carboxylic acids is 1. The number of carbonyl (C=O) groups is 2. The van der Waals surface area contributed by atoms with Crippen molar-refractivity contribution < 1.29 is 33.0 Å². The van der Waals surface area contributed by atoms with Crippen molar-refractivity contribution in [3.63, 3.8) is 0 Å². The predicted octanol–water partition coefficient (Wildman–Crippen LogP) is 4.12. The van der Waals surface area contributed by atoms with E-state index in [0.29, 0.717) is 43.0 Å². The molecular formula is C20H22ClF2NO5. The van der Waals surface area contributed by atoms with Gasteiger partial charge in [0.1, 0.15) is 0 Å². The van der Waals surface area contributed by atoms with Gasteiger partial charge in [-0.05, 0) is 25.8 Å². The quantitative estimate of drug-likeness (QED) is 0.782. The van der Waals surface area contributed by atoms with Crippen LogP contribution in [0.4, 0.5) is 8.78 Å². The SMILES string of the molecule is Cc1c(C(=O)O)cc(Cl)c2c1O[C@](C)(C1CCN(C(=O)C3CC(F)(F)C3)CC1)O2. The average molecular weight is 430 g/mol. The second-order valence-electron chi connectivity index (χ2n) is 8.28. The van der Waals surface area contributed by atoms with E-state index >= 15 is 0 Å². The molecule has 0 spiro atoms. The summed E-state index contributed by atoms with van der Waals surface area (Å²) in [5.41, 5.74) is 0.499. The Labute approximate surface area is 171 Å². The topological polar surface area (TPSA) is 76.1 Å². The molecule has 3 aliphatic rings. The Kier molecular flexibility index (Phi) is 4.68. The number of halogens is 3. The molecule has 0 unspecified atom stereocenters. The van der Waals surface area contributed by atoms with Crippen LogP contribution in [0, 0.1) is 18.8 Å². The fourth-order valence-corrected chi connectivity index (χ4v) is 4.69. The summed E-state index contributed by atoms with van der Waals surface area (Å²) in [7, 11) is 0. The minimum Gasteiger partial charge on any atom is -0.478 e. The van der Waals surface area contributed by atoms with Gasteiger partial charge in [0.25, 0.3) is 5.79 Å². The van der Waals surface area contributed by atoms with Crippen molar-refractivity contribution in [2.45, 2.75) is 51.2 Å². The smallest absolute Gasteiger partial charge is 0.336 e. The summed E-state index contributed by atoms with van der Waals surface area (Å²) >= 11 is 6.22. The van der Waals surface area contributed by atoms with Crippen LogP contribution >= 0.6 is 11.6 Å². The third-order valence-electron chi connectivity index (χ3n) is 6.27. The van der Waals surface area contributed by atoms with E-state index in [4.69, 9.17) is 21.1 Å². The molecule has 0 aromatic heterocycles. The first-order chi connectivity index (χ1) is 13.5. The van der Waals surface area contributed by atoms with Crippen LogP contribution in [0.15, 0.2) is 6.07 Å². The van der Waals surface area contributed by atoms with E-state index in [2.05, 4.69) is 0 Å². The second kappa shape index (κ2) is 6.72. The zero-order valence-electron chi connectivity index (χ0n) is 16.1. The molecule has 1 saturated heterocycles. The first kappa shape index (κ1) is 20.2. The Morgan fingerprint density at radius 1 is 1.21 bits per heavy atom. The van der Waals surface area contributed by atoms with Crippen LogP contribution in [0.25, 0.3) is 0 Å². The van der Waals surface area contributed by atoms with E-state index in [9.17, 15) is 23.5 Å². The van der Waals surface area contributed by atoms with Crippen LogP contribution < -0.4 is 9.47 Å². The van der Waals surface area contributed by atoms with Crippen molar-refractivity contribution in [3.8, 4) is 11.5 Å². The number of nitrogens with zero attached hydrogens (tertiary/aromatic N) is 1. The molecule has 2 heterocycles. The van der Waals surface area contributed by atoms with Crippen molar-refractivity contribution >= 4 is 23.5 Å². The summed E-state index contributed by atoms with van der Waals surface area (Å²) in [6.07, 6.45) is 0.437. The van der Waals surface area contributed by atoms with Crippen LogP contribution in [0.5, 0.6) is 11.5 Å². The van der Waals surface area contributed by atoms with Gasteiger partial charge in [0, 0.05) is 50.3 Å². The van der Waals surface area contributed by atoms with Crippen LogP contribution in [0.3, 0.4) is 0 Å².